The molecule has 0 aliphatic carbocycles. The highest BCUT2D eigenvalue weighted by Crippen LogP contribution is 2.39. The first-order chi connectivity index (χ1) is 9.97. The third-order valence-corrected chi connectivity index (χ3v) is 4.72. The van der Waals surface area contributed by atoms with Crippen molar-refractivity contribution in [3.8, 4) is 6.07 Å². The average Bonchev–Trinajstić information content (AvgIpc) is 3.00. The molecule has 0 bridgehead atoms. The fourth-order valence-electron chi connectivity index (χ4n) is 3.09. The summed E-state index contributed by atoms with van der Waals surface area (Å²) in [5, 5.41) is 8.95. The van der Waals surface area contributed by atoms with Crippen molar-refractivity contribution in [2.24, 2.45) is 0 Å². The number of rotatable bonds is 2. The molecule has 0 amide bonds. The van der Waals surface area contributed by atoms with Crippen LogP contribution in [0.1, 0.15) is 44.0 Å². The van der Waals surface area contributed by atoms with E-state index in [-0.39, 0.29) is 17.0 Å². The second-order valence-corrected chi connectivity index (χ2v) is 6.51. The van der Waals surface area contributed by atoms with Crippen molar-refractivity contribution >= 4 is 22.6 Å². The highest BCUT2D eigenvalue weighted by atomic mass is 35.5. The van der Waals surface area contributed by atoms with E-state index in [2.05, 4.69) is 29.5 Å². The van der Waals surface area contributed by atoms with Gasteiger partial charge in [0.25, 0.3) is 0 Å². The van der Waals surface area contributed by atoms with Crippen LogP contribution in [0, 0.1) is 11.3 Å². The van der Waals surface area contributed by atoms with Gasteiger partial charge in [-0.05, 0) is 45.4 Å². The number of nitriles is 1. The highest BCUT2D eigenvalue weighted by molar-refractivity contribution is 6.20. The van der Waals surface area contributed by atoms with E-state index in [1.807, 2.05) is 19.1 Å². The minimum Gasteiger partial charge on any atom is -0.376 e. The van der Waals surface area contributed by atoms with Gasteiger partial charge in [-0.25, -0.2) is 4.98 Å². The maximum Gasteiger partial charge on any atom is 0.128 e. The molecule has 0 N–H and O–H groups in total. The van der Waals surface area contributed by atoms with Gasteiger partial charge in [0.1, 0.15) is 5.82 Å². The van der Waals surface area contributed by atoms with Crippen LogP contribution >= 0.6 is 11.6 Å². The fourth-order valence-corrected chi connectivity index (χ4v) is 3.23. The molecule has 4 nitrogen and oxygen atoms in total. The number of benzene rings is 1. The van der Waals surface area contributed by atoms with Gasteiger partial charge in [-0.15, -0.1) is 11.6 Å². The molecular formula is C16H18ClN3O. The van der Waals surface area contributed by atoms with Crippen LogP contribution in [0.3, 0.4) is 0 Å². The smallest absolute Gasteiger partial charge is 0.128 e. The molecule has 3 rings (SSSR count). The van der Waals surface area contributed by atoms with Crippen LogP contribution in [0.2, 0.25) is 0 Å². The molecule has 0 saturated carbocycles. The predicted molar refractivity (Wildman–Crippen MR) is 82.4 cm³/mol. The molecule has 21 heavy (non-hydrogen) atoms. The van der Waals surface area contributed by atoms with Crippen LogP contribution in [-0.2, 0) is 10.3 Å². The molecule has 1 saturated heterocycles. The molecule has 1 aliphatic heterocycles. The second-order valence-electron chi connectivity index (χ2n) is 5.86. The summed E-state index contributed by atoms with van der Waals surface area (Å²) in [6, 6.07) is 7.76. The van der Waals surface area contributed by atoms with Crippen molar-refractivity contribution in [2.75, 3.05) is 6.61 Å². The van der Waals surface area contributed by atoms with Gasteiger partial charge in [0.15, 0.2) is 0 Å². The largest absolute Gasteiger partial charge is 0.376 e. The van der Waals surface area contributed by atoms with E-state index in [9.17, 15) is 0 Å². The summed E-state index contributed by atoms with van der Waals surface area (Å²) in [6.45, 7) is 6.91. The van der Waals surface area contributed by atoms with E-state index < -0.39 is 0 Å². The lowest BCUT2D eigenvalue weighted by Crippen LogP contribution is -2.38. The van der Waals surface area contributed by atoms with E-state index in [1.54, 1.807) is 6.07 Å². The lowest BCUT2D eigenvalue weighted by Gasteiger charge is -2.32. The number of alkyl halides is 1. The Morgan fingerprint density at radius 3 is 2.90 bits per heavy atom. The van der Waals surface area contributed by atoms with Crippen LogP contribution in [0.4, 0.5) is 0 Å². The van der Waals surface area contributed by atoms with Crippen LogP contribution in [0.25, 0.3) is 11.0 Å². The summed E-state index contributed by atoms with van der Waals surface area (Å²) in [4.78, 5) is 4.68. The van der Waals surface area contributed by atoms with Gasteiger partial charge in [0, 0.05) is 6.61 Å². The molecule has 1 fully saturated rings. The number of hydrogen-bond donors (Lipinski definition) is 0. The molecule has 110 valence electrons. The Balaban J connectivity index is 2.32. The zero-order valence-electron chi connectivity index (χ0n) is 12.4. The van der Waals surface area contributed by atoms with E-state index in [4.69, 9.17) is 21.6 Å². The first kappa shape index (κ1) is 14.4. The van der Waals surface area contributed by atoms with Crippen molar-refractivity contribution in [3.05, 3.63) is 29.6 Å². The van der Waals surface area contributed by atoms with E-state index in [0.717, 1.165) is 29.9 Å². The summed E-state index contributed by atoms with van der Waals surface area (Å²) in [5.41, 5.74) is 2.27. The molecule has 2 heterocycles. The van der Waals surface area contributed by atoms with Gasteiger partial charge in [0.05, 0.1) is 39.7 Å². The van der Waals surface area contributed by atoms with Crippen molar-refractivity contribution in [1.29, 1.82) is 5.26 Å². The monoisotopic (exact) mass is 303 g/mol. The Labute approximate surface area is 129 Å². The zero-order chi connectivity index (χ0) is 15.2. The number of hydrogen-bond acceptors (Lipinski definition) is 3. The Hall–Kier alpha value is -1.57. The Kier molecular flexibility index (Phi) is 3.43. The van der Waals surface area contributed by atoms with Crippen molar-refractivity contribution in [2.45, 2.75) is 44.2 Å². The predicted octanol–water partition coefficient (Wildman–Crippen LogP) is 3.73. The lowest BCUT2D eigenvalue weighted by atomic mass is 9.93. The SMILES string of the molecule is CC(Cl)c1nc2ccc(C#N)cc2n1C1(C)CCOC1C. The standard InChI is InChI=1S/C16H18ClN3O/c1-10(17)15-19-13-5-4-12(9-18)8-14(13)20(15)16(3)6-7-21-11(16)2/h4-5,8,10-11H,6-7H2,1-3H3. The van der Waals surface area contributed by atoms with Gasteiger partial charge < -0.3 is 9.30 Å². The van der Waals surface area contributed by atoms with E-state index in [1.165, 1.54) is 0 Å². The normalized spacial score (nSPS) is 26.9. The minimum atomic E-state index is -0.201. The van der Waals surface area contributed by atoms with Gasteiger partial charge in [-0.2, -0.15) is 5.26 Å². The number of fused-ring (bicyclic) bond motifs is 1. The summed E-state index contributed by atoms with van der Waals surface area (Å²) < 4.78 is 7.95. The second kappa shape index (κ2) is 5.01. The first-order valence-corrected chi connectivity index (χ1v) is 7.59. The lowest BCUT2D eigenvalue weighted by molar-refractivity contribution is 0.0763. The molecule has 5 heteroatoms. The number of ether oxygens (including phenoxy) is 1. The molecule has 0 spiro atoms. The molecule has 1 aliphatic rings. The maximum absolute atomic E-state index is 9.16. The van der Waals surface area contributed by atoms with Gasteiger partial charge in [-0.1, -0.05) is 0 Å². The summed E-state index contributed by atoms with van der Waals surface area (Å²) >= 11 is 6.35. The fraction of sp³-hybridized carbons (Fsp3) is 0.500. The Morgan fingerprint density at radius 1 is 1.57 bits per heavy atom. The molecule has 0 radical (unpaired) electrons. The van der Waals surface area contributed by atoms with E-state index >= 15 is 0 Å². The van der Waals surface area contributed by atoms with Crippen molar-refractivity contribution in [3.63, 3.8) is 0 Å². The van der Waals surface area contributed by atoms with Crippen LogP contribution in [0.5, 0.6) is 0 Å². The topological polar surface area (TPSA) is 50.8 Å². The van der Waals surface area contributed by atoms with Crippen LogP contribution < -0.4 is 0 Å². The highest BCUT2D eigenvalue weighted by Gasteiger charge is 2.41. The summed E-state index contributed by atoms with van der Waals surface area (Å²) in [6.07, 6.45) is 0.988. The number of halogens is 1. The number of aromatic nitrogens is 2. The third-order valence-electron chi connectivity index (χ3n) is 4.53. The molecule has 3 atom stereocenters. The molecule has 2 aromatic rings. The van der Waals surface area contributed by atoms with Crippen LogP contribution in [-0.4, -0.2) is 22.3 Å². The first-order valence-electron chi connectivity index (χ1n) is 7.16. The van der Waals surface area contributed by atoms with Crippen molar-refractivity contribution < 1.29 is 4.74 Å². The quantitative estimate of drug-likeness (QED) is 0.794. The summed E-state index contributed by atoms with van der Waals surface area (Å²) in [5.74, 6) is 0.835. The van der Waals surface area contributed by atoms with Crippen molar-refractivity contribution in [1.82, 2.24) is 9.55 Å². The number of imidazole rings is 1. The molecule has 1 aromatic carbocycles. The van der Waals surface area contributed by atoms with Crippen LogP contribution in [0.15, 0.2) is 18.2 Å². The van der Waals surface area contributed by atoms with Gasteiger partial charge in [-0.3, -0.25) is 0 Å². The van der Waals surface area contributed by atoms with Gasteiger partial charge in [0.2, 0.25) is 0 Å². The maximum atomic E-state index is 9.16. The molecule has 1 aromatic heterocycles. The summed E-state index contributed by atoms with van der Waals surface area (Å²) in [7, 11) is 0. The Morgan fingerprint density at radius 2 is 2.33 bits per heavy atom. The third kappa shape index (κ3) is 2.12. The number of nitrogens with zero attached hydrogens (tertiary/aromatic N) is 3. The van der Waals surface area contributed by atoms with E-state index in [0.29, 0.717) is 5.56 Å². The minimum absolute atomic E-state index is 0.0785. The average molecular weight is 304 g/mol. The molecular weight excluding hydrogens is 286 g/mol. The van der Waals surface area contributed by atoms with Gasteiger partial charge >= 0.3 is 0 Å². The molecule has 3 unspecified atom stereocenters. The zero-order valence-corrected chi connectivity index (χ0v) is 13.2. The Bertz CT molecular complexity index is 731.